The average molecular weight is 140 g/mol. The van der Waals surface area contributed by atoms with E-state index in [9.17, 15) is 4.79 Å². The van der Waals surface area contributed by atoms with Crippen LogP contribution in [0.3, 0.4) is 0 Å². The van der Waals surface area contributed by atoms with Crippen molar-refractivity contribution in [2.75, 3.05) is 0 Å². The topological polar surface area (TPSA) is 55.1 Å². The van der Waals surface area contributed by atoms with Gasteiger partial charge in [0.05, 0.1) is 6.04 Å². The number of carbonyl (C=O) groups is 1. The van der Waals surface area contributed by atoms with E-state index in [0.717, 1.165) is 12.8 Å². The predicted octanol–water partition coefficient (Wildman–Crippen LogP) is -0.388. The summed E-state index contributed by atoms with van der Waals surface area (Å²) in [6, 6.07) is 0.190. The summed E-state index contributed by atoms with van der Waals surface area (Å²) >= 11 is 0. The summed E-state index contributed by atoms with van der Waals surface area (Å²) in [5.74, 6) is 0.488. The first-order valence-electron chi connectivity index (χ1n) is 3.85. The second-order valence-corrected chi connectivity index (χ2v) is 3.24. The zero-order chi connectivity index (χ0) is 7.14. The lowest BCUT2D eigenvalue weighted by molar-refractivity contribution is -0.120. The van der Waals surface area contributed by atoms with Gasteiger partial charge in [0.15, 0.2) is 0 Å². The van der Waals surface area contributed by atoms with E-state index in [1.54, 1.807) is 0 Å². The van der Waals surface area contributed by atoms with Crippen LogP contribution in [-0.4, -0.2) is 18.0 Å². The number of fused-ring (bicyclic) bond motifs is 1. The maximum atomic E-state index is 11.0. The lowest BCUT2D eigenvalue weighted by atomic mass is 10.0. The van der Waals surface area contributed by atoms with Gasteiger partial charge in [0.1, 0.15) is 0 Å². The minimum atomic E-state index is -0.215. The van der Waals surface area contributed by atoms with E-state index in [1.807, 2.05) is 0 Å². The third-order valence-corrected chi connectivity index (χ3v) is 2.66. The summed E-state index contributed by atoms with van der Waals surface area (Å²) < 4.78 is 0. The van der Waals surface area contributed by atoms with Crippen LogP contribution in [0.15, 0.2) is 0 Å². The third-order valence-electron chi connectivity index (χ3n) is 2.66. The van der Waals surface area contributed by atoms with Gasteiger partial charge in [0.25, 0.3) is 0 Å². The fraction of sp³-hybridized carbons (Fsp3) is 0.857. The van der Waals surface area contributed by atoms with E-state index in [1.165, 1.54) is 6.42 Å². The summed E-state index contributed by atoms with van der Waals surface area (Å²) in [6.45, 7) is 0. The van der Waals surface area contributed by atoms with Gasteiger partial charge in [-0.15, -0.1) is 0 Å². The van der Waals surface area contributed by atoms with Crippen LogP contribution in [0.25, 0.3) is 0 Å². The average Bonchev–Trinajstić information content (AvgIpc) is 2.41. The van der Waals surface area contributed by atoms with Crippen LogP contribution in [0.2, 0.25) is 0 Å². The highest BCUT2D eigenvalue weighted by Crippen LogP contribution is 2.31. The molecule has 2 fully saturated rings. The van der Waals surface area contributed by atoms with Gasteiger partial charge in [-0.05, 0) is 12.8 Å². The molecule has 2 rings (SSSR count). The summed E-state index contributed by atoms with van der Waals surface area (Å²) in [6.07, 6.45) is 3.48. The van der Waals surface area contributed by atoms with E-state index < -0.39 is 0 Å². The van der Waals surface area contributed by atoms with Crippen LogP contribution in [0, 0.1) is 5.92 Å². The molecule has 0 radical (unpaired) electrons. The molecule has 3 unspecified atom stereocenters. The van der Waals surface area contributed by atoms with Crippen molar-refractivity contribution in [3.05, 3.63) is 0 Å². The number of amides is 1. The highest BCUT2D eigenvalue weighted by Gasteiger charge is 2.42. The van der Waals surface area contributed by atoms with Crippen molar-refractivity contribution in [2.45, 2.75) is 31.3 Å². The van der Waals surface area contributed by atoms with Crippen molar-refractivity contribution in [2.24, 2.45) is 11.7 Å². The molecule has 3 heteroatoms. The molecule has 1 saturated carbocycles. The maximum Gasteiger partial charge on any atom is 0.237 e. The quantitative estimate of drug-likeness (QED) is 0.481. The molecule has 3 atom stereocenters. The number of carbonyl (C=O) groups excluding carboxylic acids is 1. The van der Waals surface area contributed by atoms with Crippen LogP contribution in [0.1, 0.15) is 19.3 Å². The number of rotatable bonds is 0. The van der Waals surface area contributed by atoms with Crippen molar-refractivity contribution in [1.82, 2.24) is 5.32 Å². The van der Waals surface area contributed by atoms with Gasteiger partial charge in [-0.2, -0.15) is 0 Å². The molecule has 1 aliphatic heterocycles. The molecule has 1 saturated heterocycles. The Labute approximate surface area is 60.0 Å². The zero-order valence-electron chi connectivity index (χ0n) is 5.84. The smallest absolute Gasteiger partial charge is 0.237 e. The number of nitrogens with two attached hydrogens (primary N) is 1. The highest BCUT2D eigenvalue weighted by molar-refractivity contribution is 5.84. The molecule has 10 heavy (non-hydrogen) atoms. The third kappa shape index (κ3) is 0.669. The Morgan fingerprint density at radius 3 is 3.00 bits per heavy atom. The molecule has 0 spiro atoms. The van der Waals surface area contributed by atoms with Gasteiger partial charge >= 0.3 is 0 Å². The Hall–Kier alpha value is -0.570. The number of nitrogens with one attached hydrogen (secondary N) is 1. The molecule has 1 heterocycles. The van der Waals surface area contributed by atoms with Gasteiger partial charge in [0, 0.05) is 12.0 Å². The normalized spacial score (nSPS) is 45.3. The van der Waals surface area contributed by atoms with Gasteiger partial charge in [0.2, 0.25) is 5.91 Å². The van der Waals surface area contributed by atoms with Crippen LogP contribution in [-0.2, 0) is 4.79 Å². The van der Waals surface area contributed by atoms with Gasteiger partial charge in [-0.3, -0.25) is 4.79 Å². The van der Waals surface area contributed by atoms with Crippen molar-refractivity contribution in [1.29, 1.82) is 0 Å². The van der Waals surface area contributed by atoms with Crippen LogP contribution in [0.5, 0.6) is 0 Å². The minimum absolute atomic E-state index is 0.0506. The monoisotopic (exact) mass is 140 g/mol. The summed E-state index contributed by atoms with van der Waals surface area (Å²) in [5.41, 5.74) is 5.65. The molecule has 56 valence electrons. The Morgan fingerprint density at radius 2 is 2.30 bits per heavy atom. The molecule has 2 aliphatic rings. The molecular weight excluding hydrogens is 128 g/mol. The first-order valence-corrected chi connectivity index (χ1v) is 3.85. The first-order chi connectivity index (χ1) is 4.79. The molecule has 3 N–H and O–H groups in total. The summed E-state index contributed by atoms with van der Waals surface area (Å²) in [5, 5.41) is 2.90. The van der Waals surface area contributed by atoms with Gasteiger partial charge in [-0.1, -0.05) is 6.42 Å². The van der Waals surface area contributed by atoms with Crippen molar-refractivity contribution < 1.29 is 4.79 Å². The molecule has 1 aliphatic carbocycles. The van der Waals surface area contributed by atoms with E-state index in [0.29, 0.717) is 12.0 Å². The van der Waals surface area contributed by atoms with E-state index in [4.69, 9.17) is 5.73 Å². The zero-order valence-corrected chi connectivity index (χ0v) is 5.84. The Kier molecular flexibility index (Phi) is 1.20. The SMILES string of the molecule is NC1C(=O)NC2CCCC21. The van der Waals surface area contributed by atoms with Crippen molar-refractivity contribution in [3.8, 4) is 0 Å². The van der Waals surface area contributed by atoms with E-state index in [2.05, 4.69) is 5.32 Å². The molecule has 1 amide bonds. The van der Waals surface area contributed by atoms with Crippen LogP contribution in [0.4, 0.5) is 0 Å². The molecule has 3 nitrogen and oxygen atoms in total. The van der Waals surface area contributed by atoms with E-state index >= 15 is 0 Å². The Bertz CT molecular complexity index is 169. The fourth-order valence-corrected chi connectivity index (χ4v) is 2.07. The van der Waals surface area contributed by atoms with Crippen LogP contribution >= 0.6 is 0 Å². The molecular formula is C7H12N2O. The summed E-state index contributed by atoms with van der Waals surface area (Å²) in [7, 11) is 0. The molecule has 0 aromatic rings. The first kappa shape index (κ1) is 6.16. The van der Waals surface area contributed by atoms with Gasteiger partial charge < -0.3 is 11.1 Å². The fourth-order valence-electron chi connectivity index (χ4n) is 2.07. The molecule has 0 bridgehead atoms. The standard InChI is InChI=1S/C7H12N2O/c8-6-4-2-1-3-5(4)9-7(6)10/h4-6H,1-3,8H2,(H,9,10). The second kappa shape index (κ2) is 1.95. The summed E-state index contributed by atoms with van der Waals surface area (Å²) in [4.78, 5) is 11.0. The number of hydrogen-bond acceptors (Lipinski definition) is 2. The highest BCUT2D eigenvalue weighted by atomic mass is 16.2. The maximum absolute atomic E-state index is 11.0. The minimum Gasteiger partial charge on any atom is -0.352 e. The van der Waals surface area contributed by atoms with Crippen LogP contribution < -0.4 is 11.1 Å². The van der Waals surface area contributed by atoms with E-state index in [-0.39, 0.29) is 11.9 Å². The van der Waals surface area contributed by atoms with Gasteiger partial charge in [-0.25, -0.2) is 0 Å². The predicted molar refractivity (Wildman–Crippen MR) is 37.2 cm³/mol. The molecule has 0 aromatic carbocycles. The largest absolute Gasteiger partial charge is 0.352 e. The van der Waals surface area contributed by atoms with Crippen molar-refractivity contribution >= 4 is 5.91 Å². The second-order valence-electron chi connectivity index (χ2n) is 3.24. The Balaban J connectivity index is 2.16. The lowest BCUT2D eigenvalue weighted by Crippen LogP contribution is -2.33. The lowest BCUT2D eigenvalue weighted by Gasteiger charge is -2.08. The molecule has 0 aromatic heterocycles. The van der Waals surface area contributed by atoms with Crippen molar-refractivity contribution in [3.63, 3.8) is 0 Å². The number of hydrogen-bond donors (Lipinski definition) is 2. The Morgan fingerprint density at radius 1 is 1.50 bits per heavy atom.